The zero-order valence-electron chi connectivity index (χ0n) is 7.41. The first-order chi connectivity index (χ1) is 6.90. The minimum absolute atomic E-state index is 0.421. The molecule has 0 radical (unpaired) electrons. The summed E-state index contributed by atoms with van der Waals surface area (Å²) < 4.78 is 3.49. The van der Waals surface area contributed by atoms with Crippen LogP contribution in [0.5, 0.6) is 0 Å². The Morgan fingerprint density at radius 1 is 1.43 bits per heavy atom. The maximum Gasteiger partial charge on any atom is 0.212 e. The quantitative estimate of drug-likeness (QED) is 0.682. The van der Waals surface area contributed by atoms with Crippen molar-refractivity contribution in [2.24, 2.45) is 0 Å². The highest BCUT2D eigenvalue weighted by Gasteiger charge is 2.00. The van der Waals surface area contributed by atoms with E-state index in [-0.39, 0.29) is 0 Å². The lowest BCUT2D eigenvalue weighted by molar-refractivity contribution is 0.529. The molecule has 0 amide bonds. The van der Waals surface area contributed by atoms with Gasteiger partial charge in [0.2, 0.25) is 5.82 Å². The zero-order chi connectivity index (χ0) is 9.80. The molecule has 0 saturated carbocycles. The van der Waals surface area contributed by atoms with Crippen molar-refractivity contribution in [2.75, 3.05) is 0 Å². The zero-order valence-corrected chi connectivity index (χ0v) is 7.41. The Morgan fingerprint density at radius 3 is 3.07 bits per heavy atom. The van der Waals surface area contributed by atoms with Crippen LogP contribution in [0.2, 0.25) is 0 Å². The Balaban J connectivity index is 2.02. The van der Waals surface area contributed by atoms with E-state index in [4.69, 9.17) is 5.26 Å². The van der Waals surface area contributed by atoms with E-state index in [0.717, 1.165) is 0 Å². The minimum Gasteiger partial charge on any atom is -0.321 e. The fraction of sp³-hybridized carbons (Fsp3) is 0.250. The van der Waals surface area contributed by atoms with Gasteiger partial charge >= 0.3 is 0 Å². The molecule has 2 heterocycles. The summed E-state index contributed by atoms with van der Waals surface area (Å²) >= 11 is 0. The normalized spacial score (nSPS) is 9.93. The summed E-state index contributed by atoms with van der Waals surface area (Å²) in [6, 6.07) is 2.01. The summed E-state index contributed by atoms with van der Waals surface area (Å²) in [4.78, 5) is 7.72. The molecule has 0 bridgehead atoms. The highest BCUT2D eigenvalue weighted by atomic mass is 15.3. The molecule has 0 aliphatic rings. The largest absolute Gasteiger partial charge is 0.321 e. The van der Waals surface area contributed by atoms with Gasteiger partial charge in [-0.3, -0.25) is 4.68 Å². The molecule has 2 aromatic heterocycles. The van der Waals surface area contributed by atoms with Gasteiger partial charge in [0.05, 0.1) is 6.54 Å². The van der Waals surface area contributed by atoms with Gasteiger partial charge in [0.25, 0.3) is 0 Å². The van der Waals surface area contributed by atoms with E-state index in [9.17, 15) is 0 Å². The van der Waals surface area contributed by atoms with E-state index < -0.39 is 0 Å². The molecule has 14 heavy (non-hydrogen) atoms. The van der Waals surface area contributed by atoms with Crippen molar-refractivity contribution in [1.29, 1.82) is 5.26 Å². The second-order valence-corrected chi connectivity index (χ2v) is 2.71. The molecule has 0 spiro atoms. The average molecular weight is 188 g/mol. The standard InChI is InChI=1S/C8H8N6/c9-5-8-11-1-2-13(8)3-4-14-7-10-6-12-14/h1-2,6-7H,3-4H2. The lowest BCUT2D eigenvalue weighted by Crippen LogP contribution is -2.08. The molecule has 2 rings (SSSR count). The third-order valence-electron chi connectivity index (χ3n) is 1.85. The van der Waals surface area contributed by atoms with Gasteiger partial charge < -0.3 is 4.57 Å². The molecule has 0 N–H and O–H groups in total. The Kier molecular flexibility index (Phi) is 2.23. The van der Waals surface area contributed by atoms with Crippen LogP contribution in [0.25, 0.3) is 0 Å². The molecule has 0 aliphatic heterocycles. The molecule has 2 aromatic rings. The fourth-order valence-corrected chi connectivity index (χ4v) is 1.16. The lowest BCUT2D eigenvalue weighted by atomic mass is 10.5. The molecule has 0 atom stereocenters. The van der Waals surface area contributed by atoms with E-state index >= 15 is 0 Å². The molecule has 70 valence electrons. The van der Waals surface area contributed by atoms with Gasteiger partial charge in [0, 0.05) is 18.9 Å². The monoisotopic (exact) mass is 188 g/mol. The molecule has 0 saturated heterocycles. The van der Waals surface area contributed by atoms with Crippen LogP contribution in [0.4, 0.5) is 0 Å². The molecule has 0 fully saturated rings. The first-order valence-electron chi connectivity index (χ1n) is 4.14. The summed E-state index contributed by atoms with van der Waals surface area (Å²) in [6.45, 7) is 1.36. The Bertz CT molecular complexity index is 435. The molecule has 0 unspecified atom stereocenters. The third-order valence-corrected chi connectivity index (χ3v) is 1.85. The molecular weight excluding hydrogens is 180 g/mol. The van der Waals surface area contributed by atoms with Gasteiger partial charge in [-0.1, -0.05) is 0 Å². The molecule has 0 aromatic carbocycles. The molecule has 6 heteroatoms. The molecule has 6 nitrogen and oxygen atoms in total. The number of nitriles is 1. The number of hydrogen-bond donors (Lipinski definition) is 0. The van der Waals surface area contributed by atoms with Crippen LogP contribution < -0.4 is 0 Å². The van der Waals surface area contributed by atoms with Crippen LogP contribution in [-0.4, -0.2) is 24.3 Å². The van der Waals surface area contributed by atoms with Gasteiger partial charge in [-0.2, -0.15) is 10.4 Å². The number of nitrogens with zero attached hydrogens (tertiary/aromatic N) is 6. The Labute approximate surface area is 80.4 Å². The van der Waals surface area contributed by atoms with Gasteiger partial charge in [0.1, 0.15) is 18.7 Å². The first-order valence-corrected chi connectivity index (χ1v) is 4.14. The van der Waals surface area contributed by atoms with Gasteiger partial charge in [-0.15, -0.1) is 0 Å². The highest BCUT2D eigenvalue weighted by Crippen LogP contribution is 1.96. The second kappa shape index (κ2) is 3.70. The lowest BCUT2D eigenvalue weighted by Gasteiger charge is -2.02. The van der Waals surface area contributed by atoms with Crippen molar-refractivity contribution in [3.63, 3.8) is 0 Å². The molecular formula is C8H8N6. The second-order valence-electron chi connectivity index (χ2n) is 2.71. The summed E-state index contributed by atoms with van der Waals surface area (Å²) in [5.74, 6) is 0.421. The van der Waals surface area contributed by atoms with Crippen LogP contribution in [-0.2, 0) is 13.1 Å². The van der Waals surface area contributed by atoms with Crippen molar-refractivity contribution in [3.05, 3.63) is 30.9 Å². The summed E-state index contributed by atoms with van der Waals surface area (Å²) in [5.41, 5.74) is 0. The maximum atomic E-state index is 8.70. The van der Waals surface area contributed by atoms with Crippen molar-refractivity contribution in [1.82, 2.24) is 24.3 Å². The smallest absolute Gasteiger partial charge is 0.212 e. The number of rotatable bonds is 3. The predicted octanol–water partition coefficient (Wildman–Crippen LogP) is 0.0465. The van der Waals surface area contributed by atoms with Crippen LogP contribution >= 0.6 is 0 Å². The predicted molar refractivity (Wildman–Crippen MR) is 47.0 cm³/mol. The Morgan fingerprint density at radius 2 is 2.36 bits per heavy atom. The summed E-state index contributed by atoms with van der Waals surface area (Å²) in [6.07, 6.45) is 6.51. The first kappa shape index (κ1) is 8.44. The number of imidazole rings is 1. The van der Waals surface area contributed by atoms with Crippen molar-refractivity contribution < 1.29 is 0 Å². The van der Waals surface area contributed by atoms with Crippen LogP contribution in [0.3, 0.4) is 0 Å². The SMILES string of the molecule is N#Cc1nccn1CCn1cncn1. The van der Waals surface area contributed by atoms with Crippen molar-refractivity contribution >= 4 is 0 Å². The number of aryl methyl sites for hydroxylation is 2. The summed E-state index contributed by atoms with van der Waals surface area (Å²) in [7, 11) is 0. The third kappa shape index (κ3) is 1.61. The van der Waals surface area contributed by atoms with Crippen molar-refractivity contribution in [2.45, 2.75) is 13.1 Å². The maximum absolute atomic E-state index is 8.70. The van der Waals surface area contributed by atoms with Gasteiger partial charge in [-0.05, 0) is 0 Å². The van der Waals surface area contributed by atoms with Gasteiger partial charge in [0.15, 0.2) is 0 Å². The summed E-state index contributed by atoms with van der Waals surface area (Å²) in [5, 5.41) is 12.7. The fourth-order valence-electron chi connectivity index (χ4n) is 1.16. The average Bonchev–Trinajstić information content (AvgIpc) is 2.85. The topological polar surface area (TPSA) is 72.3 Å². The number of aromatic nitrogens is 5. The van der Waals surface area contributed by atoms with E-state index in [1.54, 1.807) is 28.0 Å². The van der Waals surface area contributed by atoms with Gasteiger partial charge in [-0.25, -0.2) is 9.97 Å². The van der Waals surface area contributed by atoms with E-state index in [1.165, 1.54) is 6.33 Å². The van der Waals surface area contributed by atoms with Crippen LogP contribution in [0.15, 0.2) is 25.0 Å². The van der Waals surface area contributed by atoms with Crippen LogP contribution in [0.1, 0.15) is 5.82 Å². The highest BCUT2D eigenvalue weighted by molar-refractivity contribution is 5.10. The Hall–Kier alpha value is -2.16. The molecule has 0 aliphatic carbocycles. The number of hydrogen-bond acceptors (Lipinski definition) is 4. The van der Waals surface area contributed by atoms with Crippen molar-refractivity contribution in [3.8, 4) is 6.07 Å². The van der Waals surface area contributed by atoms with Crippen LogP contribution in [0, 0.1) is 11.3 Å². The van der Waals surface area contributed by atoms with E-state index in [2.05, 4.69) is 15.1 Å². The van der Waals surface area contributed by atoms with E-state index in [1.807, 2.05) is 6.07 Å². The van der Waals surface area contributed by atoms with E-state index in [0.29, 0.717) is 18.9 Å². The minimum atomic E-state index is 0.421.